The number of urea groups is 1. The van der Waals surface area contributed by atoms with Crippen LogP contribution < -0.4 is 16.4 Å². The Morgan fingerprint density at radius 3 is 2.50 bits per heavy atom. The number of para-hydroxylation sites is 1. The van der Waals surface area contributed by atoms with Gasteiger partial charge in [0.15, 0.2) is 0 Å². The highest BCUT2D eigenvalue weighted by atomic mass is 35.5. The third kappa shape index (κ3) is 4.20. The van der Waals surface area contributed by atoms with Gasteiger partial charge >= 0.3 is 6.03 Å². The molecule has 0 fully saturated rings. The standard InChI is InChI=1S/C13H20ClN3O/c1-3-13(15,4-2)9-16-12(18)17-11-8-6-5-7-10(11)14/h5-8H,3-4,9,15H2,1-2H3,(H2,16,17,18). The van der Waals surface area contributed by atoms with Crippen LogP contribution in [0.3, 0.4) is 0 Å². The highest BCUT2D eigenvalue weighted by Crippen LogP contribution is 2.20. The molecule has 0 spiro atoms. The summed E-state index contributed by atoms with van der Waals surface area (Å²) in [4.78, 5) is 11.7. The molecule has 0 saturated carbocycles. The first-order valence-electron chi connectivity index (χ1n) is 6.09. The average Bonchev–Trinajstić information content (AvgIpc) is 2.39. The minimum atomic E-state index is -0.349. The molecule has 0 radical (unpaired) electrons. The first-order chi connectivity index (χ1) is 8.50. The van der Waals surface area contributed by atoms with Crippen molar-refractivity contribution in [3.63, 3.8) is 0 Å². The van der Waals surface area contributed by atoms with Gasteiger partial charge in [-0.25, -0.2) is 4.79 Å². The highest BCUT2D eigenvalue weighted by Gasteiger charge is 2.20. The average molecular weight is 270 g/mol. The van der Waals surface area contributed by atoms with Crippen molar-refractivity contribution in [3.05, 3.63) is 29.3 Å². The van der Waals surface area contributed by atoms with Crippen LogP contribution in [0.4, 0.5) is 10.5 Å². The van der Waals surface area contributed by atoms with E-state index in [9.17, 15) is 4.79 Å². The van der Waals surface area contributed by atoms with Crippen molar-refractivity contribution in [3.8, 4) is 0 Å². The fourth-order valence-corrected chi connectivity index (χ4v) is 1.67. The minimum absolute atomic E-state index is 0.292. The van der Waals surface area contributed by atoms with Gasteiger partial charge in [0, 0.05) is 12.1 Å². The van der Waals surface area contributed by atoms with Crippen LogP contribution in [-0.4, -0.2) is 18.1 Å². The molecular formula is C13H20ClN3O. The Kier molecular flexibility index (Phi) is 5.44. The lowest BCUT2D eigenvalue weighted by atomic mass is 9.94. The number of benzene rings is 1. The summed E-state index contributed by atoms with van der Waals surface area (Å²) in [6.07, 6.45) is 1.63. The van der Waals surface area contributed by atoms with Gasteiger partial charge in [0.25, 0.3) is 0 Å². The van der Waals surface area contributed by atoms with Gasteiger partial charge in [-0.1, -0.05) is 37.6 Å². The number of carbonyl (C=O) groups excluding carboxylic acids is 1. The van der Waals surface area contributed by atoms with Gasteiger partial charge in [0.2, 0.25) is 0 Å². The van der Waals surface area contributed by atoms with E-state index in [0.717, 1.165) is 12.8 Å². The van der Waals surface area contributed by atoms with Gasteiger partial charge in [0.1, 0.15) is 0 Å². The molecule has 0 unspecified atom stereocenters. The van der Waals surface area contributed by atoms with Crippen molar-refractivity contribution in [1.29, 1.82) is 0 Å². The molecule has 0 heterocycles. The molecule has 0 saturated heterocycles. The monoisotopic (exact) mass is 269 g/mol. The molecular weight excluding hydrogens is 250 g/mol. The summed E-state index contributed by atoms with van der Waals surface area (Å²) in [6, 6.07) is 6.80. The summed E-state index contributed by atoms with van der Waals surface area (Å²) in [5.41, 5.74) is 6.34. The van der Waals surface area contributed by atoms with Gasteiger partial charge in [-0.3, -0.25) is 0 Å². The second-order valence-corrected chi connectivity index (χ2v) is 4.76. The van der Waals surface area contributed by atoms with Crippen LogP contribution in [0.15, 0.2) is 24.3 Å². The quantitative estimate of drug-likeness (QED) is 0.769. The summed E-state index contributed by atoms with van der Waals surface area (Å²) in [5.74, 6) is 0. The third-order valence-electron chi connectivity index (χ3n) is 3.13. The number of amides is 2. The molecule has 0 aromatic heterocycles. The highest BCUT2D eigenvalue weighted by molar-refractivity contribution is 6.33. The van der Waals surface area contributed by atoms with Crippen LogP contribution in [-0.2, 0) is 0 Å². The first-order valence-corrected chi connectivity index (χ1v) is 6.47. The van der Waals surface area contributed by atoms with Crippen molar-refractivity contribution in [2.45, 2.75) is 32.2 Å². The molecule has 1 aromatic carbocycles. The van der Waals surface area contributed by atoms with Crippen molar-refractivity contribution in [2.24, 2.45) is 5.73 Å². The maximum Gasteiger partial charge on any atom is 0.319 e. The Morgan fingerprint density at radius 2 is 1.94 bits per heavy atom. The van der Waals surface area contributed by atoms with E-state index in [1.165, 1.54) is 0 Å². The Labute approximate surface area is 113 Å². The van der Waals surface area contributed by atoms with Gasteiger partial charge < -0.3 is 16.4 Å². The Hall–Kier alpha value is -1.26. The molecule has 0 aliphatic heterocycles. The number of rotatable bonds is 5. The minimum Gasteiger partial charge on any atom is -0.336 e. The molecule has 0 bridgehead atoms. The normalized spacial score (nSPS) is 11.1. The SMILES string of the molecule is CCC(N)(CC)CNC(=O)Nc1ccccc1Cl. The number of anilines is 1. The van der Waals surface area contributed by atoms with E-state index >= 15 is 0 Å². The van der Waals surface area contributed by atoms with E-state index in [4.69, 9.17) is 17.3 Å². The van der Waals surface area contributed by atoms with Crippen molar-refractivity contribution < 1.29 is 4.79 Å². The Balaban J connectivity index is 2.50. The summed E-state index contributed by atoms with van der Waals surface area (Å²) >= 11 is 5.95. The zero-order valence-corrected chi connectivity index (χ0v) is 11.6. The molecule has 100 valence electrons. The second kappa shape index (κ2) is 6.61. The van der Waals surface area contributed by atoms with E-state index in [1.54, 1.807) is 12.1 Å². The Bertz CT molecular complexity index is 405. The fourth-order valence-electron chi connectivity index (χ4n) is 1.49. The number of hydrogen-bond acceptors (Lipinski definition) is 2. The molecule has 5 heteroatoms. The van der Waals surface area contributed by atoms with E-state index in [-0.39, 0.29) is 11.6 Å². The van der Waals surface area contributed by atoms with E-state index < -0.39 is 0 Å². The lowest BCUT2D eigenvalue weighted by Crippen LogP contribution is -2.50. The van der Waals surface area contributed by atoms with Crippen LogP contribution in [0, 0.1) is 0 Å². The lowest BCUT2D eigenvalue weighted by Gasteiger charge is -2.26. The molecule has 4 N–H and O–H groups in total. The summed E-state index contributed by atoms with van der Waals surface area (Å²) in [7, 11) is 0. The van der Waals surface area contributed by atoms with Gasteiger partial charge in [-0.2, -0.15) is 0 Å². The zero-order chi connectivity index (χ0) is 13.6. The fraction of sp³-hybridized carbons (Fsp3) is 0.462. The van der Waals surface area contributed by atoms with E-state index in [1.807, 2.05) is 26.0 Å². The number of hydrogen-bond donors (Lipinski definition) is 3. The summed E-state index contributed by atoms with van der Waals surface area (Å²) in [5, 5.41) is 5.97. The molecule has 0 atom stereocenters. The molecule has 0 aliphatic rings. The van der Waals surface area contributed by atoms with Crippen LogP contribution in [0.1, 0.15) is 26.7 Å². The maximum atomic E-state index is 11.7. The number of nitrogens with one attached hydrogen (secondary N) is 2. The van der Waals surface area contributed by atoms with Crippen LogP contribution >= 0.6 is 11.6 Å². The smallest absolute Gasteiger partial charge is 0.319 e. The topological polar surface area (TPSA) is 67.1 Å². The maximum absolute atomic E-state index is 11.7. The second-order valence-electron chi connectivity index (χ2n) is 4.36. The van der Waals surface area contributed by atoms with Crippen molar-refractivity contribution in [1.82, 2.24) is 5.32 Å². The first kappa shape index (κ1) is 14.8. The van der Waals surface area contributed by atoms with E-state index in [2.05, 4.69) is 10.6 Å². The van der Waals surface area contributed by atoms with Crippen LogP contribution in [0.5, 0.6) is 0 Å². The predicted octanol–water partition coefficient (Wildman–Crippen LogP) is 2.98. The van der Waals surface area contributed by atoms with Gasteiger partial charge in [0.05, 0.1) is 10.7 Å². The third-order valence-corrected chi connectivity index (χ3v) is 3.46. The number of nitrogens with two attached hydrogens (primary N) is 1. The Morgan fingerprint density at radius 1 is 1.33 bits per heavy atom. The molecule has 1 rings (SSSR count). The summed E-state index contributed by atoms with van der Waals surface area (Å²) < 4.78 is 0. The van der Waals surface area contributed by atoms with Crippen molar-refractivity contribution >= 4 is 23.3 Å². The van der Waals surface area contributed by atoms with Crippen LogP contribution in [0.2, 0.25) is 5.02 Å². The van der Waals surface area contributed by atoms with Gasteiger partial charge in [-0.15, -0.1) is 0 Å². The zero-order valence-electron chi connectivity index (χ0n) is 10.8. The lowest BCUT2D eigenvalue weighted by molar-refractivity contribution is 0.247. The number of halogens is 1. The van der Waals surface area contributed by atoms with Crippen LogP contribution in [0.25, 0.3) is 0 Å². The number of carbonyl (C=O) groups is 1. The molecule has 2 amide bonds. The largest absolute Gasteiger partial charge is 0.336 e. The van der Waals surface area contributed by atoms with Gasteiger partial charge in [-0.05, 0) is 25.0 Å². The molecule has 18 heavy (non-hydrogen) atoms. The van der Waals surface area contributed by atoms with E-state index in [0.29, 0.717) is 17.3 Å². The molecule has 4 nitrogen and oxygen atoms in total. The summed E-state index contributed by atoms with van der Waals surface area (Å²) in [6.45, 7) is 4.46. The van der Waals surface area contributed by atoms with Crippen molar-refractivity contribution in [2.75, 3.05) is 11.9 Å². The molecule has 1 aromatic rings. The molecule has 0 aliphatic carbocycles. The predicted molar refractivity (Wildman–Crippen MR) is 76.0 cm³/mol.